The van der Waals surface area contributed by atoms with Gasteiger partial charge in [-0.1, -0.05) is 6.07 Å². The Morgan fingerprint density at radius 1 is 1.33 bits per heavy atom. The summed E-state index contributed by atoms with van der Waals surface area (Å²) >= 11 is 3.17. The maximum atomic E-state index is 13.7. The van der Waals surface area contributed by atoms with Crippen molar-refractivity contribution < 1.29 is 4.39 Å². The fourth-order valence-corrected chi connectivity index (χ4v) is 2.88. The van der Waals surface area contributed by atoms with Crippen LogP contribution in [0.1, 0.15) is 30.1 Å². The SMILES string of the molecule is N#Cc1cnc(N2CCCC2c2ccc(Br)c(F)c2)cn1. The molecule has 21 heavy (non-hydrogen) atoms. The Morgan fingerprint density at radius 2 is 2.19 bits per heavy atom. The largest absolute Gasteiger partial charge is 0.348 e. The smallest absolute Gasteiger partial charge is 0.158 e. The zero-order valence-corrected chi connectivity index (χ0v) is 12.7. The van der Waals surface area contributed by atoms with E-state index in [-0.39, 0.29) is 11.9 Å². The van der Waals surface area contributed by atoms with Crippen LogP contribution in [0, 0.1) is 17.1 Å². The van der Waals surface area contributed by atoms with Gasteiger partial charge in [0, 0.05) is 6.54 Å². The Morgan fingerprint density at radius 3 is 2.86 bits per heavy atom. The molecule has 0 saturated carbocycles. The van der Waals surface area contributed by atoms with E-state index in [0.717, 1.165) is 30.8 Å². The molecule has 1 saturated heterocycles. The molecule has 0 N–H and O–H groups in total. The molecule has 0 amide bonds. The van der Waals surface area contributed by atoms with Gasteiger partial charge in [-0.3, -0.25) is 0 Å². The Labute approximate surface area is 130 Å². The normalized spacial score (nSPS) is 17.8. The van der Waals surface area contributed by atoms with Gasteiger partial charge in [-0.15, -0.1) is 0 Å². The molecule has 2 aromatic rings. The molecule has 0 spiro atoms. The maximum Gasteiger partial charge on any atom is 0.158 e. The number of hydrogen-bond donors (Lipinski definition) is 0. The van der Waals surface area contributed by atoms with Crippen LogP contribution in [0.3, 0.4) is 0 Å². The minimum Gasteiger partial charge on any atom is -0.348 e. The lowest BCUT2D eigenvalue weighted by molar-refractivity contribution is 0.611. The molecule has 1 aromatic carbocycles. The second-order valence-corrected chi connectivity index (χ2v) is 5.75. The fourth-order valence-electron chi connectivity index (χ4n) is 2.63. The van der Waals surface area contributed by atoms with E-state index in [4.69, 9.17) is 5.26 Å². The highest BCUT2D eigenvalue weighted by Crippen LogP contribution is 2.35. The van der Waals surface area contributed by atoms with Gasteiger partial charge < -0.3 is 4.90 Å². The van der Waals surface area contributed by atoms with Gasteiger partial charge in [-0.05, 0) is 46.5 Å². The van der Waals surface area contributed by atoms with Crippen molar-refractivity contribution in [2.45, 2.75) is 18.9 Å². The van der Waals surface area contributed by atoms with Crippen LogP contribution >= 0.6 is 15.9 Å². The molecule has 0 aliphatic carbocycles. The molecule has 106 valence electrons. The van der Waals surface area contributed by atoms with Crippen LogP contribution in [0.5, 0.6) is 0 Å². The highest BCUT2D eigenvalue weighted by Gasteiger charge is 2.27. The minimum atomic E-state index is -0.259. The number of anilines is 1. The third kappa shape index (κ3) is 2.74. The van der Waals surface area contributed by atoms with Gasteiger partial charge >= 0.3 is 0 Å². The first-order chi connectivity index (χ1) is 10.2. The van der Waals surface area contributed by atoms with Gasteiger partial charge in [0.1, 0.15) is 17.7 Å². The lowest BCUT2D eigenvalue weighted by atomic mass is 10.0. The van der Waals surface area contributed by atoms with E-state index in [1.165, 1.54) is 6.20 Å². The van der Waals surface area contributed by atoms with Crippen LogP contribution in [0.25, 0.3) is 0 Å². The van der Waals surface area contributed by atoms with Crippen molar-refractivity contribution >= 4 is 21.7 Å². The lowest BCUT2D eigenvalue weighted by Gasteiger charge is -2.25. The molecule has 6 heteroatoms. The number of nitriles is 1. The molecular formula is C15H12BrFN4. The van der Waals surface area contributed by atoms with Crippen molar-refractivity contribution in [3.05, 3.63) is 52.1 Å². The molecule has 1 aromatic heterocycles. The van der Waals surface area contributed by atoms with Crippen LogP contribution in [0.2, 0.25) is 0 Å². The summed E-state index contributed by atoms with van der Waals surface area (Å²) in [7, 11) is 0. The monoisotopic (exact) mass is 346 g/mol. The van der Waals surface area contributed by atoms with E-state index < -0.39 is 0 Å². The van der Waals surface area contributed by atoms with Crippen molar-refractivity contribution in [3.8, 4) is 6.07 Å². The molecular weight excluding hydrogens is 335 g/mol. The van der Waals surface area contributed by atoms with Crippen molar-refractivity contribution in [1.82, 2.24) is 9.97 Å². The molecule has 1 unspecified atom stereocenters. The van der Waals surface area contributed by atoms with E-state index in [1.54, 1.807) is 18.3 Å². The standard InChI is InChI=1S/C15H12BrFN4/c16-12-4-3-10(6-13(12)17)14-2-1-5-21(14)15-9-19-11(7-18)8-20-15/h3-4,6,8-9,14H,1-2,5H2. The summed E-state index contributed by atoms with van der Waals surface area (Å²) < 4.78 is 14.2. The molecule has 1 aliphatic rings. The van der Waals surface area contributed by atoms with Crippen LogP contribution < -0.4 is 4.90 Å². The van der Waals surface area contributed by atoms with E-state index in [9.17, 15) is 4.39 Å². The molecule has 2 heterocycles. The summed E-state index contributed by atoms with van der Waals surface area (Å²) in [5, 5.41) is 8.77. The van der Waals surface area contributed by atoms with Crippen molar-refractivity contribution in [1.29, 1.82) is 5.26 Å². The Bertz CT molecular complexity index is 696. The summed E-state index contributed by atoms with van der Waals surface area (Å²) in [6.45, 7) is 0.850. The fraction of sp³-hybridized carbons (Fsp3) is 0.267. The minimum absolute atomic E-state index is 0.0924. The van der Waals surface area contributed by atoms with E-state index in [0.29, 0.717) is 10.2 Å². The van der Waals surface area contributed by atoms with Gasteiger partial charge in [-0.25, -0.2) is 14.4 Å². The Hall–Kier alpha value is -2.00. The average molecular weight is 347 g/mol. The second kappa shape index (κ2) is 5.78. The van der Waals surface area contributed by atoms with E-state index in [1.807, 2.05) is 12.1 Å². The third-order valence-electron chi connectivity index (χ3n) is 3.63. The first-order valence-electron chi connectivity index (χ1n) is 6.63. The first kappa shape index (κ1) is 14.0. The molecule has 1 atom stereocenters. The van der Waals surface area contributed by atoms with Crippen LogP contribution in [-0.4, -0.2) is 16.5 Å². The lowest BCUT2D eigenvalue weighted by Crippen LogP contribution is -2.23. The van der Waals surface area contributed by atoms with Gasteiger partial charge in [0.2, 0.25) is 0 Å². The summed E-state index contributed by atoms with van der Waals surface area (Å²) in [4.78, 5) is 10.4. The molecule has 0 bridgehead atoms. The number of benzene rings is 1. The quantitative estimate of drug-likeness (QED) is 0.833. The van der Waals surface area contributed by atoms with Crippen molar-refractivity contribution in [2.75, 3.05) is 11.4 Å². The Balaban J connectivity index is 1.91. The van der Waals surface area contributed by atoms with Gasteiger partial charge in [0.05, 0.1) is 22.9 Å². The zero-order chi connectivity index (χ0) is 14.8. The number of nitrogens with zero attached hydrogens (tertiary/aromatic N) is 4. The van der Waals surface area contributed by atoms with Crippen molar-refractivity contribution in [3.63, 3.8) is 0 Å². The third-order valence-corrected chi connectivity index (χ3v) is 4.27. The first-order valence-corrected chi connectivity index (χ1v) is 7.42. The van der Waals surface area contributed by atoms with Crippen LogP contribution in [0.15, 0.2) is 35.1 Å². The molecule has 0 radical (unpaired) electrons. The van der Waals surface area contributed by atoms with Crippen molar-refractivity contribution in [2.24, 2.45) is 0 Å². The van der Waals surface area contributed by atoms with Crippen LogP contribution in [0.4, 0.5) is 10.2 Å². The van der Waals surface area contributed by atoms with E-state index in [2.05, 4.69) is 30.8 Å². The zero-order valence-electron chi connectivity index (χ0n) is 11.1. The number of hydrogen-bond acceptors (Lipinski definition) is 4. The van der Waals surface area contributed by atoms with Gasteiger partial charge in [0.25, 0.3) is 0 Å². The molecule has 3 rings (SSSR count). The van der Waals surface area contributed by atoms with Gasteiger partial charge in [-0.2, -0.15) is 5.26 Å². The van der Waals surface area contributed by atoms with Gasteiger partial charge in [0.15, 0.2) is 5.69 Å². The summed E-state index contributed by atoms with van der Waals surface area (Å²) in [5.41, 5.74) is 1.23. The average Bonchev–Trinajstić information content (AvgIpc) is 2.99. The summed E-state index contributed by atoms with van der Waals surface area (Å²) in [5.74, 6) is 0.463. The van der Waals surface area contributed by atoms with Crippen LogP contribution in [-0.2, 0) is 0 Å². The number of rotatable bonds is 2. The number of halogens is 2. The maximum absolute atomic E-state index is 13.7. The molecule has 1 aliphatic heterocycles. The number of aromatic nitrogens is 2. The highest BCUT2D eigenvalue weighted by atomic mass is 79.9. The second-order valence-electron chi connectivity index (χ2n) is 4.90. The predicted octanol–water partition coefficient (Wildman–Crippen LogP) is 3.59. The topological polar surface area (TPSA) is 52.8 Å². The van der Waals surface area contributed by atoms with E-state index >= 15 is 0 Å². The highest BCUT2D eigenvalue weighted by molar-refractivity contribution is 9.10. The summed E-state index contributed by atoms with van der Waals surface area (Å²) in [6.07, 6.45) is 5.03. The summed E-state index contributed by atoms with van der Waals surface area (Å²) in [6, 6.07) is 7.26. The molecule has 4 nitrogen and oxygen atoms in total. The predicted molar refractivity (Wildman–Crippen MR) is 80.2 cm³/mol. The molecule has 1 fully saturated rings. The Kier molecular flexibility index (Phi) is 3.84.